The van der Waals surface area contributed by atoms with E-state index in [1.807, 2.05) is 37.8 Å². The van der Waals surface area contributed by atoms with Crippen LogP contribution in [0.5, 0.6) is 11.5 Å². The first-order chi connectivity index (χ1) is 13.7. The number of methoxy groups -OCH3 is 1. The third kappa shape index (κ3) is 6.05. The third-order valence-electron chi connectivity index (χ3n) is 4.97. The molecule has 9 heteroatoms. The molecule has 1 saturated heterocycles. The SMILES string of the molecule is COc1cc2c(cc1CN=C(N)N1CCN(C(=O)OC(C)(C)C)CC1)OC(C)C2.I. The Kier molecular flexibility index (Phi) is 8.06. The molecule has 0 aromatic heterocycles. The predicted octanol–water partition coefficient (Wildman–Crippen LogP) is 3.00. The first-order valence-corrected chi connectivity index (χ1v) is 10.1. The summed E-state index contributed by atoms with van der Waals surface area (Å²) in [6.07, 6.45) is 0.781. The molecule has 0 saturated carbocycles. The highest BCUT2D eigenvalue weighted by molar-refractivity contribution is 14.0. The minimum Gasteiger partial charge on any atom is -0.496 e. The van der Waals surface area contributed by atoms with Gasteiger partial charge in [-0.3, -0.25) is 0 Å². The number of piperazine rings is 1. The lowest BCUT2D eigenvalue weighted by molar-refractivity contribution is 0.0186. The summed E-state index contributed by atoms with van der Waals surface area (Å²) in [6.45, 7) is 10.4. The van der Waals surface area contributed by atoms with Crippen molar-refractivity contribution in [3.8, 4) is 11.5 Å². The number of nitrogens with two attached hydrogens (primary N) is 1. The maximum absolute atomic E-state index is 12.2. The average molecular weight is 532 g/mol. The second kappa shape index (κ2) is 9.93. The van der Waals surface area contributed by atoms with Gasteiger partial charge in [0.1, 0.15) is 23.2 Å². The summed E-state index contributed by atoms with van der Waals surface area (Å²) >= 11 is 0. The van der Waals surface area contributed by atoms with Gasteiger partial charge in [0.05, 0.1) is 13.7 Å². The maximum atomic E-state index is 12.2. The number of rotatable bonds is 3. The van der Waals surface area contributed by atoms with Crippen molar-refractivity contribution in [1.82, 2.24) is 9.80 Å². The van der Waals surface area contributed by atoms with Crippen LogP contribution >= 0.6 is 24.0 Å². The lowest BCUT2D eigenvalue weighted by Crippen LogP contribution is -2.53. The molecule has 1 aromatic rings. The van der Waals surface area contributed by atoms with Crippen molar-refractivity contribution in [1.29, 1.82) is 0 Å². The van der Waals surface area contributed by atoms with Gasteiger partial charge in [0.2, 0.25) is 0 Å². The molecular formula is C21H33IN4O4. The van der Waals surface area contributed by atoms with Crippen LogP contribution in [-0.4, -0.2) is 66.8 Å². The Bertz CT molecular complexity index is 786. The van der Waals surface area contributed by atoms with Crippen molar-refractivity contribution in [2.45, 2.75) is 52.4 Å². The predicted molar refractivity (Wildman–Crippen MR) is 127 cm³/mol. The van der Waals surface area contributed by atoms with E-state index in [0.717, 1.165) is 29.0 Å². The second-order valence-electron chi connectivity index (χ2n) is 8.53. The molecular weight excluding hydrogens is 499 g/mol. The monoisotopic (exact) mass is 532 g/mol. The van der Waals surface area contributed by atoms with E-state index in [0.29, 0.717) is 38.7 Å². The Morgan fingerprint density at radius 1 is 1.23 bits per heavy atom. The molecule has 1 fully saturated rings. The Labute approximate surface area is 195 Å². The fourth-order valence-electron chi connectivity index (χ4n) is 3.51. The van der Waals surface area contributed by atoms with Gasteiger partial charge in [-0.15, -0.1) is 24.0 Å². The van der Waals surface area contributed by atoms with Crippen LogP contribution in [0.4, 0.5) is 4.79 Å². The van der Waals surface area contributed by atoms with E-state index in [-0.39, 0.29) is 36.2 Å². The summed E-state index contributed by atoms with van der Waals surface area (Å²) in [5.74, 6) is 2.16. The van der Waals surface area contributed by atoms with E-state index in [1.54, 1.807) is 12.0 Å². The summed E-state index contributed by atoms with van der Waals surface area (Å²) in [6, 6.07) is 4.02. The molecule has 2 aliphatic rings. The molecule has 168 valence electrons. The van der Waals surface area contributed by atoms with Gasteiger partial charge in [0, 0.05) is 43.7 Å². The molecule has 0 spiro atoms. The molecule has 30 heavy (non-hydrogen) atoms. The van der Waals surface area contributed by atoms with Gasteiger partial charge in [0.15, 0.2) is 5.96 Å². The van der Waals surface area contributed by atoms with Crippen LogP contribution in [0, 0.1) is 0 Å². The van der Waals surface area contributed by atoms with E-state index >= 15 is 0 Å². The summed E-state index contributed by atoms with van der Waals surface area (Å²) in [5, 5.41) is 0. The van der Waals surface area contributed by atoms with Crippen LogP contribution in [0.3, 0.4) is 0 Å². The van der Waals surface area contributed by atoms with Crippen LogP contribution < -0.4 is 15.2 Å². The molecule has 2 N–H and O–H groups in total. The number of nitrogens with zero attached hydrogens (tertiary/aromatic N) is 3. The number of benzene rings is 1. The number of aliphatic imine (C=N–C) groups is 1. The lowest BCUT2D eigenvalue weighted by Gasteiger charge is -2.36. The van der Waals surface area contributed by atoms with Gasteiger partial charge < -0.3 is 29.7 Å². The topological polar surface area (TPSA) is 89.6 Å². The number of carbonyl (C=O) groups is 1. The normalized spacial score (nSPS) is 19.0. The largest absolute Gasteiger partial charge is 0.496 e. The van der Waals surface area contributed by atoms with E-state index in [1.165, 1.54) is 0 Å². The zero-order valence-corrected chi connectivity index (χ0v) is 20.8. The minimum absolute atomic E-state index is 0. The summed E-state index contributed by atoms with van der Waals surface area (Å²) < 4.78 is 16.8. The average Bonchev–Trinajstić information content (AvgIpc) is 3.02. The highest BCUT2D eigenvalue weighted by atomic mass is 127. The molecule has 0 bridgehead atoms. The summed E-state index contributed by atoms with van der Waals surface area (Å²) in [5.41, 5.74) is 7.82. The molecule has 2 aliphatic heterocycles. The smallest absolute Gasteiger partial charge is 0.410 e. The summed E-state index contributed by atoms with van der Waals surface area (Å²) in [4.78, 5) is 20.4. The van der Waals surface area contributed by atoms with Crippen molar-refractivity contribution < 1.29 is 19.0 Å². The third-order valence-corrected chi connectivity index (χ3v) is 4.97. The number of guanidine groups is 1. The molecule has 0 aliphatic carbocycles. The first kappa shape index (κ1) is 24.4. The second-order valence-corrected chi connectivity index (χ2v) is 8.53. The van der Waals surface area contributed by atoms with Gasteiger partial charge in [0.25, 0.3) is 0 Å². The Morgan fingerprint density at radius 2 is 1.87 bits per heavy atom. The summed E-state index contributed by atoms with van der Waals surface area (Å²) in [7, 11) is 1.66. The van der Waals surface area contributed by atoms with Gasteiger partial charge in [-0.1, -0.05) is 0 Å². The quantitative estimate of drug-likeness (QED) is 0.366. The molecule has 1 atom stereocenters. The number of carbonyl (C=O) groups excluding carboxylic acids is 1. The number of hydrogen-bond donors (Lipinski definition) is 1. The zero-order valence-electron chi connectivity index (χ0n) is 18.4. The first-order valence-electron chi connectivity index (χ1n) is 10.1. The molecule has 3 rings (SSSR count). The fourth-order valence-corrected chi connectivity index (χ4v) is 3.51. The number of halogens is 1. The highest BCUT2D eigenvalue weighted by Crippen LogP contribution is 2.35. The van der Waals surface area contributed by atoms with Crippen molar-refractivity contribution in [3.63, 3.8) is 0 Å². The van der Waals surface area contributed by atoms with Gasteiger partial charge in [-0.05, 0) is 39.8 Å². The van der Waals surface area contributed by atoms with E-state index in [2.05, 4.69) is 11.9 Å². The van der Waals surface area contributed by atoms with Crippen LogP contribution in [0.25, 0.3) is 0 Å². The molecule has 1 amide bonds. The van der Waals surface area contributed by atoms with Crippen molar-refractivity contribution in [3.05, 3.63) is 23.3 Å². The molecule has 1 aromatic carbocycles. The van der Waals surface area contributed by atoms with Crippen LogP contribution in [0.2, 0.25) is 0 Å². The molecule has 0 radical (unpaired) electrons. The number of ether oxygens (including phenoxy) is 3. The van der Waals surface area contributed by atoms with Crippen molar-refractivity contribution >= 4 is 36.0 Å². The van der Waals surface area contributed by atoms with Crippen LogP contribution in [-0.2, 0) is 17.7 Å². The molecule has 8 nitrogen and oxygen atoms in total. The van der Waals surface area contributed by atoms with Crippen LogP contribution in [0.1, 0.15) is 38.8 Å². The van der Waals surface area contributed by atoms with Crippen molar-refractivity contribution in [2.75, 3.05) is 33.3 Å². The maximum Gasteiger partial charge on any atom is 0.410 e. The highest BCUT2D eigenvalue weighted by Gasteiger charge is 2.26. The number of fused-ring (bicyclic) bond motifs is 1. The Balaban J connectivity index is 0.00000320. The van der Waals surface area contributed by atoms with Crippen LogP contribution in [0.15, 0.2) is 17.1 Å². The van der Waals surface area contributed by atoms with E-state index in [4.69, 9.17) is 19.9 Å². The minimum atomic E-state index is -0.495. The Hall–Kier alpha value is -1.91. The number of hydrogen-bond acceptors (Lipinski definition) is 5. The fraction of sp³-hybridized carbons (Fsp3) is 0.619. The van der Waals surface area contributed by atoms with Gasteiger partial charge >= 0.3 is 6.09 Å². The van der Waals surface area contributed by atoms with Gasteiger partial charge in [-0.2, -0.15) is 0 Å². The molecule has 2 heterocycles. The number of amides is 1. The lowest BCUT2D eigenvalue weighted by atomic mass is 10.1. The van der Waals surface area contributed by atoms with Gasteiger partial charge in [-0.25, -0.2) is 9.79 Å². The van der Waals surface area contributed by atoms with E-state index < -0.39 is 5.60 Å². The Morgan fingerprint density at radius 3 is 2.47 bits per heavy atom. The van der Waals surface area contributed by atoms with Crippen molar-refractivity contribution in [2.24, 2.45) is 10.7 Å². The zero-order chi connectivity index (χ0) is 21.2. The van der Waals surface area contributed by atoms with E-state index in [9.17, 15) is 4.79 Å². The standard InChI is InChI=1S/C21H32N4O4.HI/c1-14-10-15-11-17(27-5)16(12-18(15)28-14)13-23-19(22)24-6-8-25(9-7-24)20(26)29-21(2,3)4;/h11-12,14H,6-10,13H2,1-5H3,(H2,22,23);1H. The molecule has 1 unspecified atom stereocenters.